The highest BCUT2D eigenvalue weighted by atomic mass is 32.2. The summed E-state index contributed by atoms with van der Waals surface area (Å²) in [5.41, 5.74) is 5.31. The molecule has 0 atom stereocenters. The van der Waals surface area contributed by atoms with E-state index in [2.05, 4.69) is 0 Å². The number of hydrogen-bond acceptors (Lipinski definition) is 1. The molecule has 0 heterocycles. The van der Waals surface area contributed by atoms with E-state index >= 15 is 0 Å². The lowest BCUT2D eigenvalue weighted by Gasteiger charge is -1.95. The van der Waals surface area contributed by atoms with Crippen molar-refractivity contribution in [2.24, 2.45) is 5.73 Å². The summed E-state index contributed by atoms with van der Waals surface area (Å²) >= 11 is 1.64. The topological polar surface area (TPSA) is 51.6 Å². The third kappa shape index (κ3) is 3.09. The highest BCUT2D eigenvalue weighted by Crippen LogP contribution is 2.15. The Hall–Kier alpha value is -0.960. The first kappa shape index (κ1) is 8.14. The van der Waals surface area contributed by atoms with Gasteiger partial charge < -0.3 is 0 Å². The molecule has 0 aliphatic carbocycles. The van der Waals surface area contributed by atoms with Crippen LogP contribution in [0.3, 0.4) is 0 Å². The van der Waals surface area contributed by atoms with E-state index < -0.39 is 0 Å². The first-order chi connectivity index (χ1) is 5.29. The van der Waals surface area contributed by atoms with Crippen LogP contribution in [0.5, 0.6) is 0 Å². The molecule has 1 rings (SSSR count). The molecule has 58 valence electrons. The Morgan fingerprint density at radius 1 is 1.36 bits per heavy atom. The maximum Gasteiger partial charge on any atom is 0.248 e. The molecule has 0 radical (unpaired) electrons. The van der Waals surface area contributed by atoms with Crippen LogP contribution in [0.4, 0.5) is 0 Å². The van der Waals surface area contributed by atoms with Crippen LogP contribution in [0.1, 0.15) is 0 Å². The van der Waals surface area contributed by atoms with Crippen LogP contribution in [-0.4, -0.2) is 11.6 Å². The van der Waals surface area contributed by atoms with Gasteiger partial charge in [-0.15, -0.1) is 11.8 Å². The van der Waals surface area contributed by atoms with E-state index in [4.69, 9.17) is 11.1 Å². The first-order valence-corrected chi connectivity index (χ1v) is 4.32. The minimum atomic E-state index is 0.471. The van der Waals surface area contributed by atoms with Gasteiger partial charge in [-0.25, -0.2) is 0 Å². The van der Waals surface area contributed by atoms with Gasteiger partial charge in [0.05, 0.1) is 5.75 Å². The number of hydrogen-bond donors (Lipinski definition) is 2. The molecule has 0 amide bonds. The summed E-state index contributed by atoms with van der Waals surface area (Å²) in [6.45, 7) is 0. The summed E-state index contributed by atoms with van der Waals surface area (Å²) in [5, 5.41) is 5.31. The second-order valence-corrected chi connectivity index (χ2v) is 3.23. The molecule has 11 heavy (non-hydrogen) atoms. The van der Waals surface area contributed by atoms with Crippen LogP contribution in [0, 0.1) is 0 Å². The van der Waals surface area contributed by atoms with E-state index in [1.165, 1.54) is 4.90 Å². The molecule has 0 fully saturated rings. The average Bonchev–Trinajstić information content (AvgIpc) is 2.03. The fourth-order valence-electron chi connectivity index (χ4n) is 0.683. The molecule has 1 aromatic rings. The fourth-order valence-corrected chi connectivity index (χ4v) is 1.37. The van der Waals surface area contributed by atoms with Gasteiger partial charge in [-0.05, 0) is 12.1 Å². The lowest BCUT2D eigenvalue weighted by atomic mass is 10.4. The number of amidine groups is 1. The molecule has 0 unspecified atom stereocenters. The molecule has 2 nitrogen and oxygen atoms in total. The van der Waals surface area contributed by atoms with Crippen molar-refractivity contribution in [3.8, 4) is 0 Å². The minimum Gasteiger partial charge on any atom is -0.291 e. The van der Waals surface area contributed by atoms with E-state index in [0.29, 0.717) is 11.6 Å². The van der Waals surface area contributed by atoms with Crippen molar-refractivity contribution in [2.45, 2.75) is 4.90 Å². The Kier molecular flexibility index (Phi) is 2.98. The Bertz CT molecular complexity index is 233. The van der Waals surface area contributed by atoms with Crippen LogP contribution < -0.4 is 11.1 Å². The smallest absolute Gasteiger partial charge is 0.248 e. The number of rotatable bonds is 3. The average molecular weight is 167 g/mol. The van der Waals surface area contributed by atoms with Crippen LogP contribution in [0.15, 0.2) is 35.2 Å². The first-order valence-electron chi connectivity index (χ1n) is 3.33. The van der Waals surface area contributed by atoms with Crippen LogP contribution in [0.2, 0.25) is 0 Å². The zero-order valence-corrected chi connectivity index (χ0v) is 6.97. The molecule has 0 aliphatic rings. The van der Waals surface area contributed by atoms with Crippen molar-refractivity contribution in [3.63, 3.8) is 0 Å². The molecular formula is C8H11N2S+. The van der Waals surface area contributed by atoms with Crippen molar-refractivity contribution in [1.82, 2.24) is 0 Å². The molecule has 0 aromatic heterocycles. The van der Waals surface area contributed by atoms with E-state index in [0.717, 1.165) is 0 Å². The quantitative estimate of drug-likeness (QED) is 0.375. The third-order valence-electron chi connectivity index (χ3n) is 1.15. The summed E-state index contributed by atoms with van der Waals surface area (Å²) in [7, 11) is 0. The van der Waals surface area contributed by atoms with Crippen LogP contribution in [-0.2, 0) is 0 Å². The molecule has 1 aromatic carbocycles. The van der Waals surface area contributed by atoms with E-state index in [1.807, 2.05) is 30.3 Å². The molecule has 3 heteroatoms. The van der Waals surface area contributed by atoms with Gasteiger partial charge in [0.15, 0.2) is 0 Å². The fraction of sp³-hybridized carbons (Fsp3) is 0.125. The summed E-state index contributed by atoms with van der Waals surface area (Å²) in [6.07, 6.45) is 0. The Morgan fingerprint density at radius 2 is 2.00 bits per heavy atom. The molecule has 0 saturated carbocycles. The predicted octanol–water partition coefficient (Wildman–Crippen LogP) is -0.105. The second kappa shape index (κ2) is 4.03. The van der Waals surface area contributed by atoms with Gasteiger partial charge in [-0.1, -0.05) is 18.2 Å². The Balaban J connectivity index is 2.45. The SMILES string of the molecule is NC(=[NH2+])CSc1ccccc1. The highest BCUT2D eigenvalue weighted by Gasteiger charge is 1.96. The van der Waals surface area contributed by atoms with E-state index in [9.17, 15) is 0 Å². The summed E-state index contributed by atoms with van der Waals surface area (Å²) < 4.78 is 0. The van der Waals surface area contributed by atoms with Crippen molar-refractivity contribution in [1.29, 1.82) is 0 Å². The monoisotopic (exact) mass is 167 g/mol. The van der Waals surface area contributed by atoms with Crippen molar-refractivity contribution < 1.29 is 5.41 Å². The van der Waals surface area contributed by atoms with E-state index in [-0.39, 0.29) is 0 Å². The normalized spacial score (nSPS) is 9.45. The summed E-state index contributed by atoms with van der Waals surface area (Å²) in [6, 6.07) is 10.0. The largest absolute Gasteiger partial charge is 0.291 e. The lowest BCUT2D eigenvalue weighted by Crippen LogP contribution is -2.47. The van der Waals surface area contributed by atoms with Gasteiger partial charge in [-0.3, -0.25) is 11.1 Å². The minimum absolute atomic E-state index is 0.471. The van der Waals surface area contributed by atoms with Gasteiger partial charge in [0, 0.05) is 4.90 Å². The maximum absolute atomic E-state index is 5.31. The zero-order chi connectivity index (χ0) is 8.10. The summed E-state index contributed by atoms with van der Waals surface area (Å²) in [4.78, 5) is 1.20. The molecule has 0 saturated heterocycles. The van der Waals surface area contributed by atoms with Gasteiger partial charge >= 0.3 is 0 Å². The van der Waals surface area contributed by atoms with Crippen LogP contribution in [0.25, 0.3) is 0 Å². The van der Waals surface area contributed by atoms with E-state index in [1.54, 1.807) is 11.8 Å². The molecule has 4 N–H and O–H groups in total. The molecular weight excluding hydrogens is 156 g/mol. The summed E-state index contributed by atoms with van der Waals surface area (Å²) in [5.74, 6) is 1.16. The zero-order valence-electron chi connectivity index (χ0n) is 6.16. The molecule has 0 aliphatic heterocycles. The van der Waals surface area contributed by atoms with Crippen molar-refractivity contribution in [2.75, 3.05) is 5.75 Å². The number of benzene rings is 1. The van der Waals surface area contributed by atoms with Crippen molar-refractivity contribution >= 4 is 17.6 Å². The Labute approximate surface area is 70.3 Å². The maximum atomic E-state index is 5.31. The molecule has 0 spiro atoms. The van der Waals surface area contributed by atoms with Crippen LogP contribution >= 0.6 is 11.8 Å². The molecule has 0 bridgehead atoms. The lowest BCUT2D eigenvalue weighted by molar-refractivity contribution is -0.115. The van der Waals surface area contributed by atoms with Crippen molar-refractivity contribution in [3.05, 3.63) is 30.3 Å². The highest BCUT2D eigenvalue weighted by molar-refractivity contribution is 8.00. The van der Waals surface area contributed by atoms with Gasteiger partial charge in [0.2, 0.25) is 5.84 Å². The second-order valence-electron chi connectivity index (χ2n) is 2.18. The number of thioether (sulfide) groups is 1. The Morgan fingerprint density at radius 3 is 2.55 bits per heavy atom. The van der Waals surface area contributed by atoms with Gasteiger partial charge in [0.1, 0.15) is 0 Å². The third-order valence-corrected chi connectivity index (χ3v) is 2.23. The number of nitrogens with two attached hydrogens (primary N) is 2. The van der Waals surface area contributed by atoms with Gasteiger partial charge in [0.25, 0.3) is 0 Å². The van der Waals surface area contributed by atoms with Gasteiger partial charge in [-0.2, -0.15) is 0 Å². The predicted molar refractivity (Wildman–Crippen MR) is 48.3 cm³/mol. The standard InChI is InChI=1S/C8H10N2S/c9-8(10)6-11-7-4-2-1-3-5-7/h1-5H,6H2,(H3,9,10)/p+1.